The minimum atomic E-state index is 0.664. The van der Waals surface area contributed by atoms with Gasteiger partial charge in [-0.2, -0.15) is 0 Å². The molecule has 3 rings (SSSR count). The number of para-hydroxylation sites is 2. The molecule has 0 unspecified atom stereocenters. The summed E-state index contributed by atoms with van der Waals surface area (Å²) in [5.41, 5.74) is 4.56. The Morgan fingerprint density at radius 1 is 1.00 bits per heavy atom. The first-order valence-electron chi connectivity index (χ1n) is 9.69. The average molecular weight is 351 g/mol. The third kappa shape index (κ3) is 4.01. The minimum absolute atomic E-state index is 0.664. The van der Waals surface area contributed by atoms with E-state index in [4.69, 9.17) is 4.98 Å². The molecule has 0 atom stereocenters. The van der Waals surface area contributed by atoms with E-state index in [0.29, 0.717) is 5.92 Å². The van der Waals surface area contributed by atoms with Crippen molar-refractivity contribution in [3.05, 3.63) is 48.5 Å². The largest absolute Gasteiger partial charge is 0.372 e. The van der Waals surface area contributed by atoms with Crippen molar-refractivity contribution in [3.63, 3.8) is 0 Å². The van der Waals surface area contributed by atoms with Crippen LogP contribution in [0.2, 0.25) is 0 Å². The molecule has 1 aromatic heterocycles. The van der Waals surface area contributed by atoms with Crippen LogP contribution in [0.4, 0.5) is 17.3 Å². The maximum Gasteiger partial charge on any atom is 0.208 e. The number of aryl methyl sites for hydroxylation is 1. The lowest BCUT2D eigenvalue weighted by atomic mass is 10.1. The van der Waals surface area contributed by atoms with E-state index in [1.807, 2.05) is 6.07 Å². The maximum atomic E-state index is 4.82. The second kappa shape index (κ2) is 8.26. The van der Waals surface area contributed by atoms with E-state index in [0.717, 1.165) is 43.2 Å². The fourth-order valence-electron chi connectivity index (χ4n) is 3.26. The van der Waals surface area contributed by atoms with Gasteiger partial charge in [-0.15, -0.1) is 0 Å². The fourth-order valence-corrected chi connectivity index (χ4v) is 3.26. The van der Waals surface area contributed by atoms with Crippen LogP contribution < -0.4 is 10.2 Å². The number of imidazole rings is 1. The predicted octanol–water partition coefficient (Wildman–Crippen LogP) is 5.67. The van der Waals surface area contributed by atoms with Gasteiger partial charge >= 0.3 is 0 Å². The summed E-state index contributed by atoms with van der Waals surface area (Å²) in [4.78, 5) is 7.17. The van der Waals surface area contributed by atoms with Gasteiger partial charge in [-0.05, 0) is 62.6 Å². The van der Waals surface area contributed by atoms with Crippen LogP contribution in [0.5, 0.6) is 0 Å². The minimum Gasteiger partial charge on any atom is -0.372 e. The molecule has 0 aliphatic carbocycles. The standard InChI is InChI=1S/C22H30N4/c1-5-25(6-2)19-13-11-18(12-14-19)23-22-24-20-9-7-8-10-21(20)26(22)16-15-17(3)4/h7-14,17H,5-6,15-16H2,1-4H3,(H,23,24). The third-order valence-corrected chi connectivity index (χ3v) is 4.84. The lowest BCUT2D eigenvalue weighted by molar-refractivity contribution is 0.526. The number of benzene rings is 2. The Labute approximate surface area is 156 Å². The smallest absolute Gasteiger partial charge is 0.208 e. The van der Waals surface area contributed by atoms with Crippen molar-refractivity contribution in [1.29, 1.82) is 0 Å². The quantitative estimate of drug-likeness (QED) is 0.568. The van der Waals surface area contributed by atoms with Crippen LogP contribution in [0.3, 0.4) is 0 Å². The summed E-state index contributed by atoms with van der Waals surface area (Å²) in [6, 6.07) is 17.0. The number of rotatable bonds is 8. The van der Waals surface area contributed by atoms with Gasteiger partial charge in [0.05, 0.1) is 11.0 Å². The Hall–Kier alpha value is -2.49. The van der Waals surface area contributed by atoms with Crippen LogP contribution in [0.25, 0.3) is 11.0 Å². The fraction of sp³-hybridized carbons (Fsp3) is 0.409. The van der Waals surface area contributed by atoms with E-state index in [1.165, 1.54) is 11.2 Å². The van der Waals surface area contributed by atoms with E-state index in [2.05, 4.69) is 84.9 Å². The Morgan fingerprint density at radius 3 is 2.35 bits per heavy atom. The van der Waals surface area contributed by atoms with Crippen molar-refractivity contribution in [2.45, 2.75) is 40.7 Å². The number of aromatic nitrogens is 2. The van der Waals surface area contributed by atoms with Crippen molar-refractivity contribution < 1.29 is 0 Å². The molecule has 2 aromatic carbocycles. The van der Waals surface area contributed by atoms with Gasteiger partial charge in [-0.1, -0.05) is 26.0 Å². The molecule has 0 aliphatic heterocycles. The van der Waals surface area contributed by atoms with Gasteiger partial charge in [-0.25, -0.2) is 4.98 Å². The first kappa shape index (κ1) is 18.3. The summed E-state index contributed by atoms with van der Waals surface area (Å²) in [7, 11) is 0. The van der Waals surface area contributed by atoms with Crippen LogP contribution in [-0.4, -0.2) is 22.6 Å². The van der Waals surface area contributed by atoms with Gasteiger partial charge in [-0.3, -0.25) is 0 Å². The Morgan fingerprint density at radius 2 is 1.69 bits per heavy atom. The highest BCUT2D eigenvalue weighted by molar-refractivity contribution is 5.79. The second-order valence-electron chi connectivity index (χ2n) is 7.10. The topological polar surface area (TPSA) is 33.1 Å². The number of nitrogens with zero attached hydrogens (tertiary/aromatic N) is 3. The zero-order chi connectivity index (χ0) is 18.5. The van der Waals surface area contributed by atoms with E-state index in [1.54, 1.807) is 0 Å². The maximum absolute atomic E-state index is 4.82. The van der Waals surface area contributed by atoms with E-state index < -0.39 is 0 Å². The summed E-state index contributed by atoms with van der Waals surface area (Å²) < 4.78 is 2.30. The Bertz CT molecular complexity index is 829. The molecule has 1 heterocycles. The molecule has 1 N–H and O–H groups in total. The highest BCUT2D eigenvalue weighted by Crippen LogP contribution is 2.25. The van der Waals surface area contributed by atoms with Crippen LogP contribution in [0.1, 0.15) is 34.1 Å². The van der Waals surface area contributed by atoms with Crippen molar-refractivity contribution in [2.75, 3.05) is 23.3 Å². The molecular formula is C22H30N4. The van der Waals surface area contributed by atoms with Crippen molar-refractivity contribution in [2.24, 2.45) is 5.92 Å². The van der Waals surface area contributed by atoms with E-state index >= 15 is 0 Å². The van der Waals surface area contributed by atoms with Gasteiger partial charge in [0, 0.05) is 31.0 Å². The molecule has 4 nitrogen and oxygen atoms in total. The molecular weight excluding hydrogens is 320 g/mol. The SMILES string of the molecule is CCN(CC)c1ccc(Nc2nc3ccccc3n2CCC(C)C)cc1. The van der Waals surface area contributed by atoms with Crippen LogP contribution in [0.15, 0.2) is 48.5 Å². The number of hydrogen-bond donors (Lipinski definition) is 1. The number of anilines is 3. The van der Waals surface area contributed by atoms with Crippen molar-refractivity contribution in [1.82, 2.24) is 9.55 Å². The monoisotopic (exact) mass is 350 g/mol. The van der Waals surface area contributed by atoms with Crippen molar-refractivity contribution >= 4 is 28.4 Å². The van der Waals surface area contributed by atoms with Gasteiger partial charge in [0.2, 0.25) is 5.95 Å². The summed E-state index contributed by atoms with van der Waals surface area (Å²) in [5.74, 6) is 1.58. The third-order valence-electron chi connectivity index (χ3n) is 4.84. The highest BCUT2D eigenvalue weighted by Gasteiger charge is 2.11. The molecule has 0 radical (unpaired) electrons. The van der Waals surface area contributed by atoms with Gasteiger partial charge in [0.1, 0.15) is 0 Å². The molecule has 0 fully saturated rings. The molecule has 0 saturated carbocycles. The average Bonchev–Trinajstić information content (AvgIpc) is 2.99. The number of nitrogens with one attached hydrogen (secondary N) is 1. The van der Waals surface area contributed by atoms with Crippen LogP contribution in [0, 0.1) is 5.92 Å². The molecule has 0 saturated heterocycles. The van der Waals surface area contributed by atoms with E-state index in [9.17, 15) is 0 Å². The first-order valence-corrected chi connectivity index (χ1v) is 9.69. The number of hydrogen-bond acceptors (Lipinski definition) is 3. The zero-order valence-corrected chi connectivity index (χ0v) is 16.4. The van der Waals surface area contributed by atoms with Crippen LogP contribution in [-0.2, 0) is 6.54 Å². The second-order valence-corrected chi connectivity index (χ2v) is 7.10. The Kier molecular flexibility index (Phi) is 5.82. The molecule has 0 spiro atoms. The molecule has 26 heavy (non-hydrogen) atoms. The zero-order valence-electron chi connectivity index (χ0n) is 16.4. The summed E-state index contributed by atoms with van der Waals surface area (Å²) >= 11 is 0. The molecule has 0 aliphatic rings. The molecule has 4 heteroatoms. The normalized spacial score (nSPS) is 11.3. The summed E-state index contributed by atoms with van der Waals surface area (Å²) in [6.07, 6.45) is 1.13. The van der Waals surface area contributed by atoms with Crippen molar-refractivity contribution in [3.8, 4) is 0 Å². The number of fused-ring (bicyclic) bond motifs is 1. The lowest BCUT2D eigenvalue weighted by Gasteiger charge is -2.21. The molecule has 138 valence electrons. The van der Waals surface area contributed by atoms with Gasteiger partial charge in [0.15, 0.2) is 0 Å². The first-order chi connectivity index (χ1) is 12.6. The summed E-state index contributed by atoms with van der Waals surface area (Å²) in [5, 5.41) is 3.52. The Balaban J connectivity index is 1.86. The summed E-state index contributed by atoms with van der Waals surface area (Å²) in [6.45, 7) is 11.9. The lowest BCUT2D eigenvalue weighted by Crippen LogP contribution is -2.21. The molecule has 3 aromatic rings. The van der Waals surface area contributed by atoms with Crippen LogP contribution >= 0.6 is 0 Å². The predicted molar refractivity (Wildman–Crippen MR) is 112 cm³/mol. The van der Waals surface area contributed by atoms with Gasteiger partial charge in [0.25, 0.3) is 0 Å². The van der Waals surface area contributed by atoms with Gasteiger partial charge < -0.3 is 14.8 Å². The highest BCUT2D eigenvalue weighted by atomic mass is 15.2. The molecule has 0 bridgehead atoms. The van der Waals surface area contributed by atoms with E-state index in [-0.39, 0.29) is 0 Å². The molecule has 0 amide bonds.